The Morgan fingerprint density at radius 1 is 1.25 bits per heavy atom. The first kappa shape index (κ1) is 16.3. The van der Waals surface area contributed by atoms with Crippen LogP contribution in [0.3, 0.4) is 0 Å². The number of methoxy groups -OCH3 is 2. The van der Waals surface area contributed by atoms with Crippen molar-refractivity contribution in [3.05, 3.63) is 23.8 Å². The fourth-order valence-electron chi connectivity index (χ4n) is 1.91. The van der Waals surface area contributed by atoms with Crippen LogP contribution in [0.5, 0.6) is 11.5 Å². The lowest BCUT2D eigenvalue weighted by molar-refractivity contribution is -0.121. The standard InChI is InChI=1S/C16H25NO3/c1-12(2)9-10-17-16(18)8-5-13-11-14(19-3)6-7-15(13)20-4/h6-7,11-12H,5,8-10H2,1-4H3,(H,17,18). The van der Waals surface area contributed by atoms with E-state index in [4.69, 9.17) is 9.47 Å². The first-order chi connectivity index (χ1) is 9.56. The molecule has 0 aromatic heterocycles. The molecule has 0 radical (unpaired) electrons. The van der Waals surface area contributed by atoms with E-state index in [9.17, 15) is 4.79 Å². The molecule has 0 bridgehead atoms. The quantitative estimate of drug-likeness (QED) is 0.796. The minimum atomic E-state index is 0.0792. The third-order valence-corrected chi connectivity index (χ3v) is 3.15. The highest BCUT2D eigenvalue weighted by Crippen LogP contribution is 2.24. The molecule has 4 heteroatoms. The van der Waals surface area contributed by atoms with Crippen LogP contribution in [0.15, 0.2) is 18.2 Å². The number of benzene rings is 1. The van der Waals surface area contributed by atoms with E-state index in [1.807, 2.05) is 18.2 Å². The normalized spacial score (nSPS) is 10.4. The van der Waals surface area contributed by atoms with E-state index in [-0.39, 0.29) is 5.91 Å². The highest BCUT2D eigenvalue weighted by Gasteiger charge is 2.08. The second kappa shape index (κ2) is 8.46. The maximum absolute atomic E-state index is 11.8. The zero-order valence-corrected chi connectivity index (χ0v) is 12.9. The monoisotopic (exact) mass is 279 g/mol. The highest BCUT2D eigenvalue weighted by atomic mass is 16.5. The fourth-order valence-corrected chi connectivity index (χ4v) is 1.91. The predicted molar refractivity (Wildman–Crippen MR) is 80.3 cm³/mol. The van der Waals surface area contributed by atoms with Gasteiger partial charge in [-0.15, -0.1) is 0 Å². The molecule has 0 fully saturated rings. The van der Waals surface area contributed by atoms with Crippen molar-refractivity contribution in [3.8, 4) is 11.5 Å². The van der Waals surface area contributed by atoms with E-state index < -0.39 is 0 Å². The molecule has 0 saturated carbocycles. The number of hydrogen-bond donors (Lipinski definition) is 1. The van der Waals surface area contributed by atoms with Crippen molar-refractivity contribution in [2.24, 2.45) is 5.92 Å². The summed E-state index contributed by atoms with van der Waals surface area (Å²) in [5.41, 5.74) is 0.992. The largest absolute Gasteiger partial charge is 0.497 e. The van der Waals surface area contributed by atoms with Crippen LogP contribution in [0, 0.1) is 5.92 Å². The van der Waals surface area contributed by atoms with E-state index in [1.54, 1.807) is 14.2 Å². The van der Waals surface area contributed by atoms with Crippen molar-refractivity contribution >= 4 is 5.91 Å². The van der Waals surface area contributed by atoms with Gasteiger partial charge in [0.05, 0.1) is 14.2 Å². The first-order valence-electron chi connectivity index (χ1n) is 7.04. The molecule has 112 valence electrons. The Hall–Kier alpha value is -1.71. The van der Waals surface area contributed by atoms with Crippen LogP contribution < -0.4 is 14.8 Å². The molecule has 0 heterocycles. The zero-order chi connectivity index (χ0) is 15.0. The van der Waals surface area contributed by atoms with Gasteiger partial charge in [-0.1, -0.05) is 13.8 Å². The summed E-state index contributed by atoms with van der Waals surface area (Å²) < 4.78 is 10.5. The maximum atomic E-state index is 11.8. The minimum absolute atomic E-state index is 0.0792. The average molecular weight is 279 g/mol. The van der Waals surface area contributed by atoms with Gasteiger partial charge in [0, 0.05) is 13.0 Å². The highest BCUT2D eigenvalue weighted by molar-refractivity contribution is 5.76. The molecule has 20 heavy (non-hydrogen) atoms. The van der Waals surface area contributed by atoms with Gasteiger partial charge in [0.2, 0.25) is 5.91 Å². The molecule has 0 aliphatic rings. The van der Waals surface area contributed by atoms with E-state index in [1.165, 1.54) is 0 Å². The lowest BCUT2D eigenvalue weighted by Crippen LogP contribution is -2.25. The van der Waals surface area contributed by atoms with Crippen molar-refractivity contribution in [2.75, 3.05) is 20.8 Å². The Balaban J connectivity index is 2.49. The Morgan fingerprint density at radius 3 is 2.60 bits per heavy atom. The van der Waals surface area contributed by atoms with Crippen molar-refractivity contribution in [3.63, 3.8) is 0 Å². The van der Waals surface area contributed by atoms with Crippen LogP contribution in [0.25, 0.3) is 0 Å². The number of aryl methyl sites for hydroxylation is 1. The number of ether oxygens (including phenoxy) is 2. The van der Waals surface area contributed by atoms with Gasteiger partial charge in [0.25, 0.3) is 0 Å². The summed E-state index contributed by atoms with van der Waals surface area (Å²) in [5.74, 6) is 2.26. The number of carbonyl (C=O) groups excluding carboxylic acids is 1. The topological polar surface area (TPSA) is 47.6 Å². The van der Waals surface area contributed by atoms with Crippen LogP contribution in [-0.2, 0) is 11.2 Å². The van der Waals surface area contributed by atoms with E-state index >= 15 is 0 Å². The Morgan fingerprint density at radius 2 is 2.00 bits per heavy atom. The maximum Gasteiger partial charge on any atom is 0.220 e. The Kier molecular flexibility index (Phi) is 6.91. The number of rotatable bonds is 8. The third kappa shape index (κ3) is 5.51. The van der Waals surface area contributed by atoms with Crippen molar-refractivity contribution in [1.82, 2.24) is 5.32 Å². The van der Waals surface area contributed by atoms with Crippen molar-refractivity contribution < 1.29 is 14.3 Å². The molecule has 1 aromatic carbocycles. The molecule has 0 atom stereocenters. The predicted octanol–water partition coefficient (Wildman–Crippen LogP) is 2.80. The molecule has 1 aromatic rings. The van der Waals surface area contributed by atoms with Gasteiger partial charge in [-0.25, -0.2) is 0 Å². The Bertz CT molecular complexity index is 430. The van der Waals surface area contributed by atoms with Crippen molar-refractivity contribution in [2.45, 2.75) is 33.1 Å². The molecule has 0 spiro atoms. The second-order valence-electron chi connectivity index (χ2n) is 5.21. The first-order valence-corrected chi connectivity index (χ1v) is 7.04. The summed E-state index contributed by atoms with van der Waals surface area (Å²) >= 11 is 0. The molecule has 1 N–H and O–H groups in total. The summed E-state index contributed by atoms with van der Waals surface area (Å²) in [6.45, 7) is 5.03. The number of nitrogens with one attached hydrogen (secondary N) is 1. The van der Waals surface area contributed by atoms with Crippen LogP contribution in [0.2, 0.25) is 0 Å². The molecule has 0 unspecified atom stereocenters. The van der Waals surface area contributed by atoms with Crippen LogP contribution in [0.1, 0.15) is 32.3 Å². The molecule has 0 aliphatic carbocycles. The Labute approximate surface area is 121 Å². The lowest BCUT2D eigenvalue weighted by Gasteiger charge is -2.11. The van der Waals surface area contributed by atoms with Gasteiger partial charge in [-0.2, -0.15) is 0 Å². The zero-order valence-electron chi connectivity index (χ0n) is 12.9. The fraction of sp³-hybridized carbons (Fsp3) is 0.562. The summed E-state index contributed by atoms with van der Waals surface area (Å²) in [6.07, 6.45) is 2.11. The van der Waals surface area contributed by atoms with Gasteiger partial charge >= 0.3 is 0 Å². The van der Waals surface area contributed by atoms with Crippen LogP contribution in [-0.4, -0.2) is 26.7 Å². The average Bonchev–Trinajstić information content (AvgIpc) is 2.44. The summed E-state index contributed by atoms with van der Waals surface area (Å²) in [5, 5.41) is 2.94. The number of carbonyl (C=O) groups is 1. The van der Waals surface area contributed by atoms with E-state index in [0.717, 1.165) is 30.0 Å². The third-order valence-electron chi connectivity index (χ3n) is 3.15. The van der Waals surface area contributed by atoms with Gasteiger partial charge in [0.1, 0.15) is 11.5 Å². The van der Waals surface area contributed by atoms with Crippen LogP contribution >= 0.6 is 0 Å². The number of amides is 1. The van der Waals surface area contributed by atoms with Gasteiger partial charge in [-0.3, -0.25) is 4.79 Å². The lowest BCUT2D eigenvalue weighted by atomic mass is 10.1. The van der Waals surface area contributed by atoms with E-state index in [0.29, 0.717) is 18.8 Å². The van der Waals surface area contributed by atoms with Gasteiger partial charge in [0.15, 0.2) is 0 Å². The molecule has 4 nitrogen and oxygen atoms in total. The van der Waals surface area contributed by atoms with Crippen molar-refractivity contribution in [1.29, 1.82) is 0 Å². The van der Waals surface area contributed by atoms with Gasteiger partial charge < -0.3 is 14.8 Å². The molecule has 0 aliphatic heterocycles. The molecule has 1 amide bonds. The summed E-state index contributed by atoms with van der Waals surface area (Å²) in [6, 6.07) is 5.64. The molecular formula is C16H25NO3. The van der Waals surface area contributed by atoms with Crippen LogP contribution in [0.4, 0.5) is 0 Å². The SMILES string of the molecule is COc1ccc(OC)c(CCC(=O)NCCC(C)C)c1. The second-order valence-corrected chi connectivity index (χ2v) is 5.21. The molecule has 1 rings (SSSR count). The molecular weight excluding hydrogens is 254 g/mol. The minimum Gasteiger partial charge on any atom is -0.497 e. The summed E-state index contributed by atoms with van der Waals surface area (Å²) in [7, 11) is 3.26. The summed E-state index contributed by atoms with van der Waals surface area (Å²) in [4.78, 5) is 11.8. The smallest absolute Gasteiger partial charge is 0.220 e. The van der Waals surface area contributed by atoms with E-state index in [2.05, 4.69) is 19.2 Å². The van der Waals surface area contributed by atoms with Gasteiger partial charge in [-0.05, 0) is 42.5 Å². The number of hydrogen-bond acceptors (Lipinski definition) is 3. The molecule has 0 saturated heterocycles.